The number of H-pyrrole nitrogens is 1. The highest BCUT2D eigenvalue weighted by Crippen LogP contribution is 2.19. The first-order valence-electron chi connectivity index (χ1n) is 8.99. The van der Waals surface area contributed by atoms with Gasteiger partial charge in [-0.1, -0.05) is 48.5 Å². The van der Waals surface area contributed by atoms with Crippen LogP contribution in [0.1, 0.15) is 36.2 Å². The molecule has 2 aromatic carbocycles. The number of aromatic amines is 1. The van der Waals surface area contributed by atoms with Crippen molar-refractivity contribution in [1.82, 2.24) is 9.88 Å². The van der Waals surface area contributed by atoms with Crippen LogP contribution < -0.4 is 0 Å². The predicted octanol–water partition coefficient (Wildman–Crippen LogP) is 4.22. The van der Waals surface area contributed by atoms with E-state index in [-0.39, 0.29) is 24.3 Å². The summed E-state index contributed by atoms with van der Waals surface area (Å²) < 4.78 is 0. The van der Waals surface area contributed by atoms with Crippen molar-refractivity contribution in [3.05, 3.63) is 71.9 Å². The topological polar surface area (TPSA) is 53.2 Å². The van der Waals surface area contributed by atoms with Crippen LogP contribution in [0, 0.1) is 0 Å². The molecule has 0 spiro atoms. The van der Waals surface area contributed by atoms with E-state index in [1.807, 2.05) is 56.4 Å². The summed E-state index contributed by atoms with van der Waals surface area (Å²) in [6.45, 7) is 4.01. The van der Waals surface area contributed by atoms with Crippen LogP contribution in [-0.2, 0) is 11.2 Å². The molecule has 1 N–H and O–H groups in total. The summed E-state index contributed by atoms with van der Waals surface area (Å²) in [5.41, 5.74) is 2.85. The Morgan fingerprint density at radius 2 is 1.69 bits per heavy atom. The second-order valence-electron chi connectivity index (χ2n) is 6.76. The molecule has 0 saturated carbocycles. The number of benzene rings is 2. The molecule has 1 heterocycles. The zero-order chi connectivity index (χ0) is 18.5. The van der Waals surface area contributed by atoms with Crippen LogP contribution in [0.5, 0.6) is 0 Å². The van der Waals surface area contributed by atoms with E-state index < -0.39 is 0 Å². The van der Waals surface area contributed by atoms with Crippen molar-refractivity contribution in [3.8, 4) is 0 Å². The summed E-state index contributed by atoms with van der Waals surface area (Å²) in [6.07, 6.45) is 3.01. The molecule has 1 aromatic heterocycles. The van der Waals surface area contributed by atoms with E-state index in [1.54, 1.807) is 17.0 Å². The maximum absolute atomic E-state index is 12.7. The summed E-state index contributed by atoms with van der Waals surface area (Å²) >= 11 is 0. The summed E-state index contributed by atoms with van der Waals surface area (Å²) in [6, 6.07) is 17.2. The molecule has 4 nitrogen and oxygen atoms in total. The molecule has 3 rings (SSSR count). The lowest BCUT2D eigenvalue weighted by molar-refractivity contribution is -0.132. The number of Topliss-reactive ketones (excluding diaryl/α,β-unsaturated/α-hetero) is 1. The zero-order valence-electron chi connectivity index (χ0n) is 15.2. The predicted molar refractivity (Wildman–Crippen MR) is 104 cm³/mol. The first-order chi connectivity index (χ1) is 12.6. The van der Waals surface area contributed by atoms with Gasteiger partial charge in [-0.05, 0) is 31.9 Å². The Bertz CT molecular complexity index is 897. The van der Waals surface area contributed by atoms with E-state index in [1.165, 1.54) is 0 Å². The number of aryl methyl sites for hydroxylation is 1. The van der Waals surface area contributed by atoms with Crippen LogP contribution in [0.15, 0.2) is 60.8 Å². The lowest BCUT2D eigenvalue weighted by Gasteiger charge is -2.26. The highest BCUT2D eigenvalue weighted by atomic mass is 16.2. The second kappa shape index (κ2) is 8.00. The van der Waals surface area contributed by atoms with Gasteiger partial charge < -0.3 is 9.88 Å². The van der Waals surface area contributed by atoms with Gasteiger partial charge in [-0.2, -0.15) is 0 Å². The number of carbonyl (C=O) groups is 2. The number of para-hydroxylation sites is 1. The van der Waals surface area contributed by atoms with Crippen LogP contribution in [0.2, 0.25) is 0 Å². The Kier molecular flexibility index (Phi) is 5.52. The summed E-state index contributed by atoms with van der Waals surface area (Å²) in [7, 11) is 0. The molecule has 0 fully saturated rings. The first kappa shape index (κ1) is 17.9. The fourth-order valence-electron chi connectivity index (χ4n) is 3.15. The molecule has 0 unspecified atom stereocenters. The average Bonchev–Trinajstić information content (AvgIpc) is 3.07. The van der Waals surface area contributed by atoms with Gasteiger partial charge in [-0.15, -0.1) is 0 Å². The molecule has 0 aliphatic rings. The molecule has 134 valence electrons. The standard InChI is InChI=1S/C22H24N2O2/c1-16(2)24(15-21(25)17-8-4-3-5-9-17)22(26)13-12-18-14-23-20-11-7-6-10-19(18)20/h3-11,14,16,23H,12-13,15H2,1-2H3. The fraction of sp³-hybridized carbons (Fsp3) is 0.273. The molecular weight excluding hydrogens is 324 g/mol. The van der Waals surface area contributed by atoms with Gasteiger partial charge in [0.1, 0.15) is 0 Å². The smallest absolute Gasteiger partial charge is 0.223 e. The molecule has 0 radical (unpaired) electrons. The molecule has 3 aromatic rings. The highest BCUT2D eigenvalue weighted by Gasteiger charge is 2.21. The number of hydrogen-bond donors (Lipinski definition) is 1. The number of fused-ring (bicyclic) bond motifs is 1. The Morgan fingerprint density at radius 3 is 2.42 bits per heavy atom. The normalized spacial score (nSPS) is 11.0. The Hall–Kier alpha value is -2.88. The van der Waals surface area contributed by atoms with Crippen molar-refractivity contribution in [1.29, 1.82) is 0 Å². The molecule has 0 atom stereocenters. The molecular formula is C22H24N2O2. The number of ketones is 1. The number of rotatable bonds is 7. The lowest BCUT2D eigenvalue weighted by Crippen LogP contribution is -2.40. The third kappa shape index (κ3) is 4.02. The zero-order valence-corrected chi connectivity index (χ0v) is 15.2. The minimum Gasteiger partial charge on any atom is -0.361 e. The van der Waals surface area contributed by atoms with Crippen LogP contribution in [-0.4, -0.2) is 34.2 Å². The van der Waals surface area contributed by atoms with E-state index in [2.05, 4.69) is 11.1 Å². The number of nitrogens with one attached hydrogen (secondary N) is 1. The SMILES string of the molecule is CC(C)N(CC(=O)c1ccccc1)C(=O)CCc1c[nH]c2ccccc12. The quantitative estimate of drug-likeness (QED) is 0.650. The summed E-state index contributed by atoms with van der Waals surface area (Å²) in [4.78, 5) is 30.1. The maximum atomic E-state index is 12.7. The van der Waals surface area contributed by atoms with E-state index in [9.17, 15) is 9.59 Å². The van der Waals surface area contributed by atoms with Crippen LogP contribution in [0.4, 0.5) is 0 Å². The third-order valence-corrected chi connectivity index (χ3v) is 4.64. The Balaban J connectivity index is 1.66. The minimum atomic E-state index is -0.0280. The van der Waals surface area contributed by atoms with Gasteiger partial charge in [0.25, 0.3) is 0 Å². The minimum absolute atomic E-state index is 0.00885. The molecule has 0 saturated heterocycles. The largest absolute Gasteiger partial charge is 0.361 e. The fourth-order valence-corrected chi connectivity index (χ4v) is 3.15. The average molecular weight is 348 g/mol. The first-order valence-corrected chi connectivity index (χ1v) is 8.99. The van der Waals surface area contributed by atoms with Gasteiger partial charge in [0.15, 0.2) is 5.78 Å². The van der Waals surface area contributed by atoms with Gasteiger partial charge in [-0.25, -0.2) is 0 Å². The number of nitrogens with zero attached hydrogens (tertiary/aromatic N) is 1. The van der Waals surface area contributed by atoms with Crippen molar-refractivity contribution in [2.24, 2.45) is 0 Å². The molecule has 0 bridgehead atoms. The van der Waals surface area contributed by atoms with E-state index >= 15 is 0 Å². The van der Waals surface area contributed by atoms with Gasteiger partial charge >= 0.3 is 0 Å². The van der Waals surface area contributed by atoms with E-state index in [0.717, 1.165) is 16.5 Å². The van der Waals surface area contributed by atoms with Crippen molar-refractivity contribution in [2.75, 3.05) is 6.54 Å². The van der Waals surface area contributed by atoms with Gasteiger partial charge in [0, 0.05) is 35.1 Å². The van der Waals surface area contributed by atoms with Crippen molar-refractivity contribution >= 4 is 22.6 Å². The highest BCUT2D eigenvalue weighted by molar-refractivity contribution is 5.99. The van der Waals surface area contributed by atoms with Crippen molar-refractivity contribution in [2.45, 2.75) is 32.7 Å². The number of amides is 1. The Labute approximate surface area is 153 Å². The molecule has 26 heavy (non-hydrogen) atoms. The lowest BCUT2D eigenvalue weighted by atomic mass is 10.1. The van der Waals surface area contributed by atoms with Crippen LogP contribution >= 0.6 is 0 Å². The monoisotopic (exact) mass is 348 g/mol. The molecule has 0 aliphatic carbocycles. The van der Waals surface area contributed by atoms with Gasteiger partial charge in [-0.3, -0.25) is 9.59 Å². The number of aromatic nitrogens is 1. The van der Waals surface area contributed by atoms with Crippen molar-refractivity contribution < 1.29 is 9.59 Å². The Morgan fingerprint density at radius 1 is 1.00 bits per heavy atom. The number of carbonyl (C=O) groups excluding carboxylic acids is 2. The van der Waals surface area contributed by atoms with Gasteiger partial charge in [0.05, 0.1) is 6.54 Å². The molecule has 4 heteroatoms. The third-order valence-electron chi connectivity index (χ3n) is 4.64. The van der Waals surface area contributed by atoms with Gasteiger partial charge in [0.2, 0.25) is 5.91 Å². The second-order valence-corrected chi connectivity index (χ2v) is 6.76. The maximum Gasteiger partial charge on any atom is 0.223 e. The summed E-state index contributed by atoms with van der Waals surface area (Å²) in [5.74, 6) is -0.0192. The van der Waals surface area contributed by atoms with Crippen LogP contribution in [0.25, 0.3) is 10.9 Å². The van der Waals surface area contributed by atoms with Crippen molar-refractivity contribution in [3.63, 3.8) is 0 Å². The van der Waals surface area contributed by atoms with Crippen LogP contribution in [0.3, 0.4) is 0 Å². The van der Waals surface area contributed by atoms with E-state index in [0.29, 0.717) is 18.4 Å². The molecule has 0 aliphatic heterocycles. The number of hydrogen-bond acceptors (Lipinski definition) is 2. The summed E-state index contributed by atoms with van der Waals surface area (Å²) in [5, 5.41) is 1.15. The molecule has 1 amide bonds. The van der Waals surface area contributed by atoms with E-state index in [4.69, 9.17) is 0 Å².